The van der Waals surface area contributed by atoms with Gasteiger partial charge in [0.2, 0.25) is 5.91 Å². The molecule has 1 unspecified atom stereocenters. The van der Waals surface area contributed by atoms with Crippen LogP contribution in [0.5, 0.6) is 0 Å². The van der Waals surface area contributed by atoms with Gasteiger partial charge in [-0.25, -0.2) is 0 Å². The zero-order valence-electron chi connectivity index (χ0n) is 4.50. The van der Waals surface area contributed by atoms with Gasteiger partial charge in [0.05, 0.1) is 0 Å². The van der Waals surface area contributed by atoms with Gasteiger partial charge in [-0.05, 0) is 18.8 Å². The molecule has 8 heavy (non-hydrogen) atoms. The fraction of sp³-hybridized carbons (Fsp3) is 0.800. The first-order valence-electron chi connectivity index (χ1n) is 2.69. The molecule has 0 bridgehead atoms. The summed E-state index contributed by atoms with van der Waals surface area (Å²) in [6, 6.07) is 0. The molecular formula is C5H9NO2. The Kier molecular flexibility index (Phi) is 1.21. The lowest BCUT2D eigenvalue weighted by Gasteiger charge is -1.99. The van der Waals surface area contributed by atoms with Crippen LogP contribution >= 0.6 is 0 Å². The van der Waals surface area contributed by atoms with Gasteiger partial charge in [-0.15, -0.1) is 0 Å². The molecule has 1 rings (SSSR count). The number of rotatable bonds is 2. The van der Waals surface area contributed by atoms with E-state index in [0.717, 1.165) is 12.8 Å². The van der Waals surface area contributed by atoms with Gasteiger partial charge in [-0.3, -0.25) is 4.79 Å². The second-order valence-electron chi connectivity index (χ2n) is 2.18. The SMILES string of the molecule is NC(=O)C(O)C1CC1. The zero-order chi connectivity index (χ0) is 6.15. The molecule has 1 amide bonds. The number of nitrogens with two attached hydrogens (primary N) is 1. The summed E-state index contributed by atoms with van der Waals surface area (Å²) in [5.74, 6) is -0.417. The van der Waals surface area contributed by atoms with Gasteiger partial charge in [0.25, 0.3) is 0 Å². The van der Waals surface area contributed by atoms with Gasteiger partial charge in [-0.1, -0.05) is 0 Å². The number of primary amides is 1. The van der Waals surface area contributed by atoms with Crippen LogP contribution in [0.1, 0.15) is 12.8 Å². The molecule has 0 aliphatic heterocycles. The Morgan fingerprint density at radius 3 is 2.38 bits per heavy atom. The lowest BCUT2D eigenvalue weighted by molar-refractivity contribution is -0.126. The largest absolute Gasteiger partial charge is 0.383 e. The Morgan fingerprint density at radius 2 is 2.25 bits per heavy atom. The lowest BCUT2D eigenvalue weighted by atomic mass is 10.2. The van der Waals surface area contributed by atoms with Crippen LogP contribution in [0.15, 0.2) is 0 Å². The molecule has 1 saturated carbocycles. The van der Waals surface area contributed by atoms with Crippen molar-refractivity contribution < 1.29 is 9.90 Å². The topological polar surface area (TPSA) is 63.3 Å². The molecule has 0 aromatic carbocycles. The Hall–Kier alpha value is -0.570. The molecule has 1 fully saturated rings. The predicted octanol–water partition coefficient (Wildman–Crippen LogP) is -0.757. The quantitative estimate of drug-likeness (QED) is 0.497. The second-order valence-corrected chi connectivity index (χ2v) is 2.18. The van der Waals surface area contributed by atoms with E-state index >= 15 is 0 Å². The third-order valence-corrected chi connectivity index (χ3v) is 1.36. The number of hydrogen-bond acceptors (Lipinski definition) is 2. The standard InChI is InChI=1S/C5H9NO2/c6-5(8)4(7)3-1-2-3/h3-4,7H,1-2H2,(H2,6,8). The Morgan fingerprint density at radius 1 is 1.75 bits per heavy atom. The maximum atomic E-state index is 10.2. The van der Waals surface area contributed by atoms with Gasteiger partial charge in [0.15, 0.2) is 0 Å². The smallest absolute Gasteiger partial charge is 0.246 e. The highest BCUT2D eigenvalue weighted by Crippen LogP contribution is 2.32. The van der Waals surface area contributed by atoms with E-state index in [0.29, 0.717) is 0 Å². The number of amides is 1. The Bertz CT molecular complexity index is 109. The van der Waals surface area contributed by atoms with Crippen LogP contribution in [0.4, 0.5) is 0 Å². The van der Waals surface area contributed by atoms with Gasteiger partial charge in [0, 0.05) is 0 Å². The van der Waals surface area contributed by atoms with Crippen molar-refractivity contribution in [3.63, 3.8) is 0 Å². The fourth-order valence-corrected chi connectivity index (χ4v) is 0.644. The zero-order valence-corrected chi connectivity index (χ0v) is 4.50. The minimum absolute atomic E-state index is 0.174. The molecule has 3 nitrogen and oxygen atoms in total. The number of carbonyl (C=O) groups excluding carboxylic acids is 1. The molecule has 0 heterocycles. The average Bonchev–Trinajstić information content (AvgIpc) is 2.43. The van der Waals surface area contributed by atoms with Crippen molar-refractivity contribution in [1.29, 1.82) is 0 Å². The molecule has 0 saturated heterocycles. The van der Waals surface area contributed by atoms with Gasteiger partial charge >= 0.3 is 0 Å². The number of hydrogen-bond donors (Lipinski definition) is 2. The van der Waals surface area contributed by atoms with Crippen molar-refractivity contribution in [3.8, 4) is 0 Å². The molecule has 3 N–H and O–H groups in total. The molecule has 1 atom stereocenters. The van der Waals surface area contributed by atoms with Crippen LogP contribution in [0.3, 0.4) is 0 Å². The fourth-order valence-electron chi connectivity index (χ4n) is 0.644. The lowest BCUT2D eigenvalue weighted by Crippen LogP contribution is -2.29. The average molecular weight is 115 g/mol. The molecule has 0 aromatic rings. The second kappa shape index (κ2) is 1.74. The third kappa shape index (κ3) is 0.980. The molecule has 0 radical (unpaired) electrons. The van der Waals surface area contributed by atoms with E-state index in [1.54, 1.807) is 0 Å². The van der Waals surface area contributed by atoms with Crippen LogP contribution < -0.4 is 5.73 Å². The first-order valence-corrected chi connectivity index (χ1v) is 2.69. The Labute approximate surface area is 47.5 Å². The normalized spacial score (nSPS) is 22.6. The first kappa shape index (κ1) is 5.56. The van der Waals surface area contributed by atoms with E-state index in [2.05, 4.69) is 0 Å². The first-order chi connectivity index (χ1) is 3.72. The molecule has 1 aliphatic rings. The molecule has 0 spiro atoms. The third-order valence-electron chi connectivity index (χ3n) is 1.36. The Balaban J connectivity index is 2.32. The predicted molar refractivity (Wildman–Crippen MR) is 27.9 cm³/mol. The maximum Gasteiger partial charge on any atom is 0.246 e. The molecule has 0 aromatic heterocycles. The highest BCUT2D eigenvalue weighted by Gasteiger charge is 2.32. The molecular weight excluding hydrogens is 106 g/mol. The van der Waals surface area contributed by atoms with Crippen LogP contribution in [-0.4, -0.2) is 17.1 Å². The summed E-state index contributed by atoms with van der Waals surface area (Å²) >= 11 is 0. The van der Waals surface area contributed by atoms with Crippen LogP contribution in [0, 0.1) is 5.92 Å². The van der Waals surface area contributed by atoms with Crippen molar-refractivity contribution in [1.82, 2.24) is 0 Å². The van der Waals surface area contributed by atoms with Crippen LogP contribution in [-0.2, 0) is 4.79 Å². The van der Waals surface area contributed by atoms with Crippen LogP contribution in [0.2, 0.25) is 0 Å². The minimum atomic E-state index is -0.880. The van der Waals surface area contributed by atoms with Crippen molar-refractivity contribution in [3.05, 3.63) is 0 Å². The summed E-state index contributed by atoms with van der Waals surface area (Å²) in [5, 5.41) is 8.79. The van der Waals surface area contributed by atoms with E-state index in [4.69, 9.17) is 10.8 Å². The van der Waals surface area contributed by atoms with E-state index in [9.17, 15) is 4.79 Å². The van der Waals surface area contributed by atoms with E-state index in [1.165, 1.54) is 0 Å². The highest BCUT2D eigenvalue weighted by molar-refractivity contribution is 5.79. The van der Waals surface area contributed by atoms with Gasteiger partial charge in [-0.2, -0.15) is 0 Å². The number of carbonyl (C=O) groups is 1. The molecule has 3 heteroatoms. The minimum Gasteiger partial charge on any atom is -0.383 e. The van der Waals surface area contributed by atoms with Gasteiger partial charge in [0.1, 0.15) is 6.10 Å². The summed E-state index contributed by atoms with van der Waals surface area (Å²) in [6.45, 7) is 0. The summed E-state index contributed by atoms with van der Waals surface area (Å²) in [6.07, 6.45) is 1.02. The summed E-state index contributed by atoms with van der Waals surface area (Å²) in [5.41, 5.74) is 4.79. The summed E-state index contributed by atoms with van der Waals surface area (Å²) < 4.78 is 0. The molecule has 1 aliphatic carbocycles. The van der Waals surface area contributed by atoms with E-state index in [-0.39, 0.29) is 5.92 Å². The number of aliphatic hydroxyl groups is 1. The van der Waals surface area contributed by atoms with Gasteiger partial charge < -0.3 is 10.8 Å². The molecule has 46 valence electrons. The summed E-state index contributed by atoms with van der Waals surface area (Å²) in [7, 11) is 0. The number of aliphatic hydroxyl groups excluding tert-OH is 1. The van der Waals surface area contributed by atoms with Crippen molar-refractivity contribution in [2.24, 2.45) is 11.7 Å². The van der Waals surface area contributed by atoms with E-state index < -0.39 is 12.0 Å². The van der Waals surface area contributed by atoms with Crippen molar-refractivity contribution in [2.45, 2.75) is 18.9 Å². The van der Waals surface area contributed by atoms with Crippen LogP contribution in [0.25, 0.3) is 0 Å². The summed E-state index contributed by atoms with van der Waals surface area (Å²) in [4.78, 5) is 10.2. The highest BCUT2D eigenvalue weighted by atomic mass is 16.3. The van der Waals surface area contributed by atoms with Crippen molar-refractivity contribution in [2.75, 3.05) is 0 Å². The monoisotopic (exact) mass is 115 g/mol. The van der Waals surface area contributed by atoms with Crippen molar-refractivity contribution >= 4 is 5.91 Å². The maximum absolute atomic E-state index is 10.2. The van der Waals surface area contributed by atoms with E-state index in [1.807, 2.05) is 0 Å².